The molecular weight excluding hydrogens is 405 g/mol. The number of nitrogens with two attached hydrogens (primary N) is 1. The maximum atomic E-state index is 6.29. The maximum absolute atomic E-state index is 6.29. The van der Waals surface area contributed by atoms with E-state index in [1.54, 1.807) is 0 Å². The van der Waals surface area contributed by atoms with Crippen LogP contribution in [0.4, 0.5) is 0 Å². The zero-order valence-corrected chi connectivity index (χ0v) is 14.4. The van der Waals surface area contributed by atoms with Crippen LogP contribution >= 0.6 is 35.0 Å². The predicted molar refractivity (Wildman–Crippen MR) is 89.4 cm³/mol. The van der Waals surface area contributed by atoms with Crippen molar-refractivity contribution in [1.29, 1.82) is 0 Å². The van der Waals surface area contributed by atoms with Crippen molar-refractivity contribution in [3.63, 3.8) is 0 Å². The van der Waals surface area contributed by atoms with E-state index in [1.165, 1.54) is 3.57 Å². The van der Waals surface area contributed by atoms with Gasteiger partial charge in [0.25, 0.3) is 5.89 Å². The fraction of sp³-hybridized carbons (Fsp3) is 0.429. The third kappa shape index (κ3) is 3.87. The van der Waals surface area contributed by atoms with Crippen molar-refractivity contribution in [3.8, 4) is 5.75 Å². The lowest BCUT2D eigenvalue weighted by molar-refractivity contribution is 0.241. The van der Waals surface area contributed by atoms with E-state index < -0.39 is 5.54 Å². The van der Waals surface area contributed by atoms with Crippen molar-refractivity contribution in [1.82, 2.24) is 10.1 Å². The lowest BCUT2D eigenvalue weighted by Crippen LogP contribution is -2.34. The minimum Gasteiger partial charge on any atom is -0.484 e. The van der Waals surface area contributed by atoms with Gasteiger partial charge in [-0.25, -0.2) is 0 Å². The van der Waals surface area contributed by atoms with Gasteiger partial charge in [0.1, 0.15) is 5.75 Å². The van der Waals surface area contributed by atoms with Crippen LogP contribution in [-0.2, 0) is 12.1 Å². The van der Waals surface area contributed by atoms with Crippen molar-refractivity contribution >= 4 is 35.0 Å². The summed E-state index contributed by atoms with van der Waals surface area (Å²) in [6.07, 6.45) is 4.09. The summed E-state index contributed by atoms with van der Waals surface area (Å²) in [6.45, 7) is 0.268. The minimum absolute atomic E-state index is 0. The topological polar surface area (TPSA) is 74.2 Å². The molecule has 2 aromatic rings. The summed E-state index contributed by atoms with van der Waals surface area (Å²) in [5, 5.41) is 4.00. The molecule has 3 rings (SSSR count). The molecule has 1 aromatic carbocycles. The highest BCUT2D eigenvalue weighted by Gasteiger charge is 2.35. The Bertz CT molecular complexity index is 582. The van der Waals surface area contributed by atoms with E-state index in [2.05, 4.69) is 32.7 Å². The monoisotopic (exact) mass is 421 g/mol. The van der Waals surface area contributed by atoms with Gasteiger partial charge in [-0.05, 0) is 59.7 Å². The quantitative estimate of drug-likeness (QED) is 0.766. The van der Waals surface area contributed by atoms with E-state index in [9.17, 15) is 0 Å². The van der Waals surface area contributed by atoms with Gasteiger partial charge in [0.2, 0.25) is 0 Å². The first kappa shape index (κ1) is 16.5. The van der Waals surface area contributed by atoms with Crippen LogP contribution in [0.3, 0.4) is 0 Å². The SMILES string of the molecule is Cl.NC1(c2noc(COc3ccc(I)cc3)n2)CCCC1. The van der Waals surface area contributed by atoms with E-state index >= 15 is 0 Å². The first-order chi connectivity index (χ1) is 9.66. The Balaban J connectivity index is 0.00000161. The van der Waals surface area contributed by atoms with Gasteiger partial charge in [0.15, 0.2) is 12.4 Å². The predicted octanol–water partition coefficient (Wildman–Crippen LogP) is 3.40. The van der Waals surface area contributed by atoms with Gasteiger partial charge in [-0.2, -0.15) is 4.98 Å². The second kappa shape index (κ2) is 6.93. The normalized spacial score (nSPS) is 16.5. The molecule has 114 valence electrons. The van der Waals surface area contributed by atoms with E-state index in [4.69, 9.17) is 15.0 Å². The number of hydrogen-bond acceptors (Lipinski definition) is 5. The number of aromatic nitrogens is 2. The molecule has 21 heavy (non-hydrogen) atoms. The van der Waals surface area contributed by atoms with Crippen LogP contribution in [0.1, 0.15) is 37.4 Å². The highest BCUT2D eigenvalue weighted by atomic mass is 127. The van der Waals surface area contributed by atoms with Gasteiger partial charge in [-0.15, -0.1) is 12.4 Å². The number of benzene rings is 1. The molecule has 0 spiro atoms. The Morgan fingerprint density at radius 1 is 1.24 bits per heavy atom. The lowest BCUT2D eigenvalue weighted by atomic mass is 9.99. The van der Waals surface area contributed by atoms with Crippen LogP contribution in [0, 0.1) is 3.57 Å². The molecule has 1 heterocycles. The molecule has 7 heteroatoms. The number of ether oxygens (including phenoxy) is 1. The Labute approximate surface area is 143 Å². The molecule has 0 amide bonds. The highest BCUT2D eigenvalue weighted by molar-refractivity contribution is 14.1. The van der Waals surface area contributed by atoms with Gasteiger partial charge >= 0.3 is 0 Å². The van der Waals surface area contributed by atoms with Crippen LogP contribution in [0.15, 0.2) is 28.8 Å². The van der Waals surface area contributed by atoms with Crippen molar-refractivity contribution in [2.75, 3.05) is 0 Å². The van der Waals surface area contributed by atoms with Crippen molar-refractivity contribution in [2.24, 2.45) is 5.73 Å². The highest BCUT2D eigenvalue weighted by Crippen LogP contribution is 2.34. The molecule has 5 nitrogen and oxygen atoms in total. The summed E-state index contributed by atoms with van der Waals surface area (Å²) in [4.78, 5) is 4.37. The second-order valence-electron chi connectivity index (χ2n) is 5.12. The summed E-state index contributed by atoms with van der Waals surface area (Å²) < 4.78 is 12.0. The summed E-state index contributed by atoms with van der Waals surface area (Å²) >= 11 is 2.25. The van der Waals surface area contributed by atoms with Gasteiger partial charge in [0.05, 0.1) is 5.54 Å². The van der Waals surface area contributed by atoms with Crippen molar-refractivity contribution in [3.05, 3.63) is 39.6 Å². The van der Waals surface area contributed by atoms with Crippen LogP contribution < -0.4 is 10.5 Å². The zero-order chi connectivity index (χ0) is 14.0. The fourth-order valence-corrected chi connectivity index (χ4v) is 2.78. The molecule has 1 fully saturated rings. The molecule has 0 unspecified atom stereocenters. The first-order valence-corrected chi connectivity index (χ1v) is 7.74. The Morgan fingerprint density at radius 2 is 1.90 bits per heavy atom. The maximum Gasteiger partial charge on any atom is 0.264 e. The van der Waals surface area contributed by atoms with Gasteiger partial charge in [-0.3, -0.25) is 0 Å². The molecule has 1 aliphatic carbocycles. The van der Waals surface area contributed by atoms with Gasteiger partial charge in [0, 0.05) is 3.57 Å². The number of nitrogens with zero attached hydrogens (tertiary/aromatic N) is 2. The van der Waals surface area contributed by atoms with Crippen molar-refractivity contribution < 1.29 is 9.26 Å². The van der Waals surface area contributed by atoms with E-state index in [0.29, 0.717) is 11.7 Å². The van der Waals surface area contributed by atoms with Gasteiger partial charge < -0.3 is 15.0 Å². The molecule has 0 radical (unpaired) electrons. The zero-order valence-electron chi connectivity index (χ0n) is 11.4. The molecule has 2 N–H and O–H groups in total. The minimum atomic E-state index is -0.412. The summed E-state index contributed by atoms with van der Waals surface area (Å²) in [7, 11) is 0. The third-order valence-corrected chi connectivity index (χ3v) is 4.30. The van der Waals surface area contributed by atoms with Crippen molar-refractivity contribution in [2.45, 2.75) is 37.8 Å². The number of hydrogen-bond donors (Lipinski definition) is 1. The number of halogens is 2. The average molecular weight is 422 g/mol. The molecule has 0 saturated heterocycles. The first-order valence-electron chi connectivity index (χ1n) is 6.66. The van der Waals surface area contributed by atoms with Crippen LogP contribution in [0.25, 0.3) is 0 Å². The Kier molecular flexibility index (Phi) is 5.45. The summed E-state index contributed by atoms with van der Waals surface area (Å²) in [6, 6.07) is 7.81. The van der Waals surface area contributed by atoms with E-state index in [-0.39, 0.29) is 19.0 Å². The Morgan fingerprint density at radius 3 is 2.57 bits per heavy atom. The van der Waals surface area contributed by atoms with E-state index in [1.807, 2.05) is 24.3 Å². The molecule has 1 aromatic heterocycles. The average Bonchev–Trinajstić information content (AvgIpc) is 3.08. The van der Waals surface area contributed by atoms with E-state index in [0.717, 1.165) is 31.4 Å². The summed E-state index contributed by atoms with van der Waals surface area (Å²) in [5.74, 6) is 1.86. The smallest absolute Gasteiger partial charge is 0.264 e. The number of rotatable bonds is 4. The van der Waals surface area contributed by atoms with Crippen LogP contribution in [-0.4, -0.2) is 10.1 Å². The third-order valence-electron chi connectivity index (χ3n) is 3.59. The largest absolute Gasteiger partial charge is 0.484 e. The fourth-order valence-electron chi connectivity index (χ4n) is 2.42. The molecule has 1 aliphatic rings. The molecule has 0 atom stereocenters. The molecular formula is C14H17ClIN3O2. The standard InChI is InChI=1S/C14H16IN3O2.ClH/c15-10-3-5-11(6-4-10)19-9-12-17-13(18-20-12)14(16)7-1-2-8-14;/h3-6H,1-2,7-9,16H2;1H. The molecule has 0 aliphatic heterocycles. The lowest BCUT2D eigenvalue weighted by Gasteiger charge is -2.17. The van der Waals surface area contributed by atoms with Crippen LogP contribution in [0.5, 0.6) is 5.75 Å². The Hall–Kier alpha value is -0.860. The van der Waals surface area contributed by atoms with Gasteiger partial charge in [-0.1, -0.05) is 18.0 Å². The summed E-state index contributed by atoms with van der Waals surface area (Å²) in [5.41, 5.74) is 5.88. The molecule has 0 bridgehead atoms. The van der Waals surface area contributed by atoms with Crippen LogP contribution in [0.2, 0.25) is 0 Å². The second-order valence-corrected chi connectivity index (χ2v) is 6.36. The molecule has 1 saturated carbocycles.